The average molecular weight is 891 g/mol. The van der Waals surface area contributed by atoms with E-state index in [4.69, 9.17) is 19.4 Å². The Hall–Kier alpha value is -9.45. The van der Waals surface area contributed by atoms with Gasteiger partial charge in [0.25, 0.3) is 0 Å². The second kappa shape index (κ2) is 15.0. The quantitative estimate of drug-likeness (QED) is 0.162. The number of furan rings is 1. The van der Waals surface area contributed by atoms with E-state index < -0.39 is 0 Å². The lowest BCUT2D eigenvalue weighted by Crippen LogP contribution is -2.00. The van der Waals surface area contributed by atoms with Crippen LogP contribution in [-0.4, -0.2) is 19.5 Å². The number of aromatic nitrogens is 4. The highest BCUT2D eigenvalue weighted by Crippen LogP contribution is 2.43. The molecule has 5 nitrogen and oxygen atoms in total. The first-order chi connectivity index (χ1) is 34.6. The largest absolute Gasteiger partial charge is 0.454 e. The molecule has 3 aromatic heterocycles. The van der Waals surface area contributed by atoms with Gasteiger partial charge >= 0.3 is 0 Å². The molecule has 0 aliphatic rings. The predicted molar refractivity (Wildman–Crippen MR) is 291 cm³/mol. The fourth-order valence-corrected chi connectivity index (χ4v) is 10.9. The SMILES string of the molecule is c1ccc(-c2ccc(-c3nc(-c4ccc5ccc6ccccc6c5c4)nc(-c4ccc5ccc6oc7c(-n8c9cc%10ccccc%10cc9c9cc%10ccccc%10cc98)cccc7c6c5c4)n3)cc2)cc1. The Morgan fingerprint density at radius 1 is 0.286 bits per heavy atom. The van der Waals surface area contributed by atoms with Crippen LogP contribution in [0.3, 0.4) is 0 Å². The van der Waals surface area contributed by atoms with Crippen LogP contribution >= 0.6 is 0 Å². The Balaban J connectivity index is 0.933. The monoisotopic (exact) mass is 890 g/mol. The van der Waals surface area contributed by atoms with Gasteiger partial charge < -0.3 is 8.98 Å². The number of para-hydroxylation sites is 1. The van der Waals surface area contributed by atoms with Crippen molar-refractivity contribution < 1.29 is 4.42 Å². The van der Waals surface area contributed by atoms with Gasteiger partial charge in [0.2, 0.25) is 0 Å². The van der Waals surface area contributed by atoms with Crippen LogP contribution in [0.15, 0.2) is 235 Å². The lowest BCUT2D eigenvalue weighted by Gasteiger charge is -2.11. The molecule has 0 saturated carbocycles. The van der Waals surface area contributed by atoms with Gasteiger partial charge in [0.05, 0.1) is 16.7 Å². The van der Waals surface area contributed by atoms with Crippen LogP contribution in [0.2, 0.25) is 0 Å². The molecular formula is C65H38N4O. The summed E-state index contributed by atoms with van der Waals surface area (Å²) >= 11 is 0. The van der Waals surface area contributed by atoms with Crippen LogP contribution < -0.4 is 0 Å². The Kier molecular flexibility index (Phi) is 8.29. The number of benzene rings is 12. The molecular weight excluding hydrogens is 853 g/mol. The van der Waals surface area contributed by atoms with E-state index in [2.05, 4.69) is 229 Å². The fourth-order valence-electron chi connectivity index (χ4n) is 10.9. The Bertz CT molecular complexity index is 4550. The summed E-state index contributed by atoms with van der Waals surface area (Å²) in [7, 11) is 0. The second-order valence-electron chi connectivity index (χ2n) is 18.4. The maximum atomic E-state index is 7.03. The predicted octanol–water partition coefficient (Wildman–Crippen LogP) is 17.3. The molecule has 0 amide bonds. The van der Waals surface area contributed by atoms with E-state index in [0.717, 1.165) is 82.6 Å². The number of fused-ring (bicyclic) bond motifs is 13. The van der Waals surface area contributed by atoms with Crippen molar-refractivity contribution in [3.8, 4) is 51.0 Å². The highest BCUT2D eigenvalue weighted by molar-refractivity contribution is 6.22. The minimum absolute atomic E-state index is 0.599. The van der Waals surface area contributed by atoms with E-state index in [1.807, 2.05) is 6.07 Å². The first-order valence-corrected chi connectivity index (χ1v) is 23.7. The number of hydrogen-bond donors (Lipinski definition) is 0. The van der Waals surface area contributed by atoms with Crippen molar-refractivity contribution in [2.75, 3.05) is 0 Å². The maximum absolute atomic E-state index is 7.03. The molecule has 0 saturated heterocycles. The molecule has 12 aromatic carbocycles. The molecule has 0 aliphatic carbocycles. The molecule has 0 spiro atoms. The molecule has 0 aliphatic heterocycles. The third kappa shape index (κ3) is 6.02. The van der Waals surface area contributed by atoms with Gasteiger partial charge in [-0.05, 0) is 114 Å². The number of nitrogens with zero attached hydrogens (tertiary/aromatic N) is 4. The molecule has 0 bridgehead atoms. The van der Waals surface area contributed by atoms with Crippen LogP contribution in [0.5, 0.6) is 0 Å². The minimum atomic E-state index is 0.599. The smallest absolute Gasteiger partial charge is 0.164 e. The Labute approximate surface area is 401 Å². The zero-order valence-corrected chi connectivity index (χ0v) is 37.6. The minimum Gasteiger partial charge on any atom is -0.454 e. The Morgan fingerprint density at radius 2 is 0.743 bits per heavy atom. The van der Waals surface area contributed by atoms with Crippen molar-refractivity contribution in [3.05, 3.63) is 231 Å². The van der Waals surface area contributed by atoms with Crippen LogP contribution in [0, 0.1) is 0 Å². The summed E-state index contributed by atoms with van der Waals surface area (Å²) in [5.74, 6) is 1.83. The van der Waals surface area contributed by atoms with Crippen LogP contribution in [0.1, 0.15) is 0 Å². The average Bonchev–Trinajstić information content (AvgIpc) is 3.97. The first-order valence-electron chi connectivity index (χ1n) is 23.7. The summed E-state index contributed by atoms with van der Waals surface area (Å²) in [4.78, 5) is 15.7. The molecule has 0 N–H and O–H groups in total. The summed E-state index contributed by atoms with van der Waals surface area (Å²) in [6.45, 7) is 0. The Morgan fingerprint density at radius 3 is 1.40 bits per heavy atom. The first kappa shape index (κ1) is 38.6. The van der Waals surface area contributed by atoms with Gasteiger partial charge in [-0.15, -0.1) is 0 Å². The van der Waals surface area contributed by atoms with Crippen molar-refractivity contribution in [2.24, 2.45) is 0 Å². The topological polar surface area (TPSA) is 56.7 Å². The fraction of sp³-hybridized carbons (Fsp3) is 0. The lowest BCUT2D eigenvalue weighted by molar-refractivity contribution is 0.666. The van der Waals surface area contributed by atoms with E-state index in [1.165, 1.54) is 48.5 Å². The van der Waals surface area contributed by atoms with Gasteiger partial charge in [0, 0.05) is 38.2 Å². The summed E-state index contributed by atoms with van der Waals surface area (Å²) in [5, 5.41) is 16.2. The van der Waals surface area contributed by atoms with E-state index >= 15 is 0 Å². The van der Waals surface area contributed by atoms with Crippen molar-refractivity contribution in [1.29, 1.82) is 0 Å². The van der Waals surface area contributed by atoms with Crippen LogP contribution in [0.4, 0.5) is 0 Å². The van der Waals surface area contributed by atoms with E-state index in [1.54, 1.807) is 0 Å². The van der Waals surface area contributed by atoms with Crippen molar-refractivity contribution in [1.82, 2.24) is 19.5 Å². The molecule has 0 atom stereocenters. The van der Waals surface area contributed by atoms with Crippen molar-refractivity contribution >= 4 is 97.6 Å². The molecule has 3 heterocycles. The molecule has 5 heteroatoms. The van der Waals surface area contributed by atoms with E-state index in [9.17, 15) is 0 Å². The molecule has 0 fully saturated rings. The molecule has 70 heavy (non-hydrogen) atoms. The second-order valence-corrected chi connectivity index (χ2v) is 18.4. The van der Waals surface area contributed by atoms with Crippen LogP contribution in [-0.2, 0) is 0 Å². The number of rotatable bonds is 5. The van der Waals surface area contributed by atoms with E-state index in [-0.39, 0.29) is 0 Å². The zero-order valence-electron chi connectivity index (χ0n) is 37.6. The van der Waals surface area contributed by atoms with Crippen LogP contribution in [0.25, 0.3) is 149 Å². The van der Waals surface area contributed by atoms with Gasteiger partial charge in [-0.2, -0.15) is 0 Å². The van der Waals surface area contributed by atoms with Gasteiger partial charge in [0.1, 0.15) is 5.58 Å². The summed E-state index contributed by atoms with van der Waals surface area (Å²) in [6.07, 6.45) is 0. The molecule has 324 valence electrons. The van der Waals surface area contributed by atoms with Gasteiger partial charge in [0.15, 0.2) is 23.1 Å². The lowest BCUT2D eigenvalue weighted by atomic mass is 9.99. The normalized spacial score (nSPS) is 12.0. The van der Waals surface area contributed by atoms with Gasteiger partial charge in [-0.1, -0.05) is 182 Å². The summed E-state index contributed by atoms with van der Waals surface area (Å²) in [5.41, 5.74) is 9.96. The molecule has 15 rings (SSSR count). The summed E-state index contributed by atoms with van der Waals surface area (Å²) in [6, 6.07) is 82.3. The van der Waals surface area contributed by atoms with Crippen molar-refractivity contribution in [3.63, 3.8) is 0 Å². The highest BCUT2D eigenvalue weighted by Gasteiger charge is 2.21. The third-order valence-corrected chi connectivity index (χ3v) is 14.3. The maximum Gasteiger partial charge on any atom is 0.164 e. The van der Waals surface area contributed by atoms with Gasteiger partial charge in [-0.25, -0.2) is 15.0 Å². The van der Waals surface area contributed by atoms with E-state index in [0.29, 0.717) is 17.5 Å². The van der Waals surface area contributed by atoms with Gasteiger partial charge in [-0.3, -0.25) is 0 Å². The zero-order chi connectivity index (χ0) is 45.9. The molecule has 15 aromatic rings. The standard InChI is InChI=1S/C65H38N4O/c1-2-11-39(12-3-1)40-21-27-44(28-22-40)63-66-64(49-29-25-42-24-23-41-13-8-9-18-51(41)53(42)35-49)68-65(67-63)50-30-26-43-31-32-60-61(54(43)36-50)52-19-10-20-57(62(52)70-60)69-58-37-47-16-6-4-14-45(47)33-55(58)56-34-46-15-5-7-17-48(46)38-59(56)69/h1-38H. The molecule has 0 radical (unpaired) electrons. The molecule has 0 unspecified atom stereocenters. The van der Waals surface area contributed by atoms with Crippen molar-refractivity contribution in [2.45, 2.75) is 0 Å². The third-order valence-electron chi connectivity index (χ3n) is 14.3. The number of hydrogen-bond acceptors (Lipinski definition) is 4. The summed E-state index contributed by atoms with van der Waals surface area (Å²) < 4.78 is 9.43. The highest BCUT2D eigenvalue weighted by atomic mass is 16.3.